The summed E-state index contributed by atoms with van der Waals surface area (Å²) >= 11 is 0. The largest absolute Gasteiger partial charge is 0.330 e. The highest BCUT2D eigenvalue weighted by Gasteiger charge is 2.10. The van der Waals surface area contributed by atoms with Crippen LogP contribution in [0.5, 0.6) is 0 Å². The molecule has 0 aromatic carbocycles. The van der Waals surface area contributed by atoms with Crippen LogP contribution in [-0.4, -0.2) is 26.5 Å². The summed E-state index contributed by atoms with van der Waals surface area (Å²) in [6.07, 6.45) is 2.63. The van der Waals surface area contributed by atoms with Crippen molar-refractivity contribution in [2.45, 2.75) is 13.3 Å². The third-order valence-electron chi connectivity index (χ3n) is 2.50. The molecule has 0 unspecified atom stereocenters. The molecule has 0 saturated heterocycles. The van der Waals surface area contributed by atoms with E-state index in [9.17, 15) is 0 Å². The lowest BCUT2D eigenvalue weighted by atomic mass is 10.1. The Morgan fingerprint density at radius 3 is 2.93 bits per heavy atom. The molecular weight excluding hydrogens is 190 g/mol. The van der Waals surface area contributed by atoms with E-state index in [0.717, 1.165) is 29.1 Å². The third kappa shape index (κ3) is 1.78. The first kappa shape index (κ1) is 9.92. The standard InChI is InChI=1S/C10H15N5/c1-7-5-9(14-15(7)2)10-8(3-4-11)6-12-13-10/h5-6H,3-4,11H2,1-2H3,(H,12,13). The number of aromatic nitrogens is 4. The van der Waals surface area contributed by atoms with Gasteiger partial charge in [0.05, 0.1) is 11.9 Å². The van der Waals surface area contributed by atoms with E-state index >= 15 is 0 Å². The van der Waals surface area contributed by atoms with Crippen molar-refractivity contribution < 1.29 is 0 Å². The van der Waals surface area contributed by atoms with Crippen molar-refractivity contribution in [3.05, 3.63) is 23.5 Å². The Labute approximate surface area is 88.3 Å². The number of nitrogens with one attached hydrogen (secondary N) is 1. The summed E-state index contributed by atoms with van der Waals surface area (Å²) in [6.45, 7) is 2.65. The Bertz CT molecular complexity index is 435. The number of nitrogens with two attached hydrogens (primary N) is 1. The fraction of sp³-hybridized carbons (Fsp3) is 0.400. The molecule has 0 atom stereocenters. The molecule has 5 heteroatoms. The molecule has 0 fully saturated rings. The van der Waals surface area contributed by atoms with Crippen LogP contribution >= 0.6 is 0 Å². The van der Waals surface area contributed by atoms with Gasteiger partial charge in [0, 0.05) is 18.3 Å². The zero-order valence-corrected chi connectivity index (χ0v) is 8.99. The molecule has 2 heterocycles. The maximum absolute atomic E-state index is 5.53. The predicted octanol–water partition coefficient (Wildman–Crippen LogP) is 0.620. The monoisotopic (exact) mass is 205 g/mol. The fourth-order valence-electron chi connectivity index (χ4n) is 1.56. The third-order valence-corrected chi connectivity index (χ3v) is 2.50. The zero-order valence-electron chi connectivity index (χ0n) is 8.99. The molecule has 80 valence electrons. The molecule has 5 nitrogen and oxygen atoms in total. The molecule has 0 radical (unpaired) electrons. The van der Waals surface area contributed by atoms with Gasteiger partial charge in [0.2, 0.25) is 0 Å². The fourth-order valence-corrected chi connectivity index (χ4v) is 1.56. The van der Waals surface area contributed by atoms with Crippen LogP contribution in [-0.2, 0) is 13.5 Å². The summed E-state index contributed by atoms with van der Waals surface area (Å²) in [7, 11) is 1.93. The predicted molar refractivity (Wildman–Crippen MR) is 58.3 cm³/mol. The van der Waals surface area contributed by atoms with E-state index in [0.29, 0.717) is 6.54 Å². The SMILES string of the molecule is Cc1cc(-c2[nH]ncc2CCN)nn1C. The summed E-state index contributed by atoms with van der Waals surface area (Å²) < 4.78 is 1.85. The van der Waals surface area contributed by atoms with Crippen molar-refractivity contribution in [2.24, 2.45) is 12.8 Å². The van der Waals surface area contributed by atoms with Crippen molar-refractivity contribution in [3.63, 3.8) is 0 Å². The van der Waals surface area contributed by atoms with Crippen LogP contribution in [0, 0.1) is 6.92 Å². The molecule has 3 N–H and O–H groups in total. The highest BCUT2D eigenvalue weighted by Crippen LogP contribution is 2.20. The Kier molecular flexibility index (Phi) is 2.55. The van der Waals surface area contributed by atoms with Crippen LogP contribution in [0.1, 0.15) is 11.3 Å². The van der Waals surface area contributed by atoms with Crippen LogP contribution in [0.4, 0.5) is 0 Å². The lowest BCUT2D eigenvalue weighted by molar-refractivity contribution is 0.741. The minimum absolute atomic E-state index is 0.623. The van der Waals surface area contributed by atoms with Crippen molar-refractivity contribution in [1.82, 2.24) is 20.0 Å². The molecule has 0 aliphatic heterocycles. The number of rotatable bonds is 3. The minimum atomic E-state index is 0.623. The van der Waals surface area contributed by atoms with Crippen LogP contribution in [0.25, 0.3) is 11.4 Å². The number of hydrogen-bond acceptors (Lipinski definition) is 3. The number of hydrogen-bond donors (Lipinski definition) is 2. The highest BCUT2D eigenvalue weighted by atomic mass is 15.3. The Hall–Kier alpha value is -1.62. The Morgan fingerprint density at radius 1 is 1.53 bits per heavy atom. The van der Waals surface area contributed by atoms with E-state index in [1.54, 1.807) is 0 Å². The molecule has 0 aliphatic rings. The van der Waals surface area contributed by atoms with Crippen LogP contribution in [0.2, 0.25) is 0 Å². The average molecular weight is 205 g/mol. The zero-order chi connectivity index (χ0) is 10.8. The molecule has 2 rings (SSSR count). The van der Waals surface area contributed by atoms with Crippen LogP contribution in [0.3, 0.4) is 0 Å². The van der Waals surface area contributed by atoms with Gasteiger partial charge in [0.15, 0.2) is 0 Å². The molecule has 0 saturated carbocycles. The van der Waals surface area contributed by atoms with Crippen LogP contribution < -0.4 is 5.73 Å². The second-order valence-electron chi connectivity index (χ2n) is 3.60. The van der Waals surface area contributed by atoms with E-state index in [-0.39, 0.29) is 0 Å². The topological polar surface area (TPSA) is 72.5 Å². The van der Waals surface area contributed by atoms with Gasteiger partial charge < -0.3 is 5.73 Å². The first-order valence-corrected chi connectivity index (χ1v) is 4.95. The highest BCUT2D eigenvalue weighted by molar-refractivity contribution is 5.58. The van der Waals surface area contributed by atoms with Crippen molar-refractivity contribution in [2.75, 3.05) is 6.54 Å². The van der Waals surface area contributed by atoms with Gasteiger partial charge in [-0.25, -0.2) is 0 Å². The van der Waals surface area contributed by atoms with Crippen molar-refractivity contribution >= 4 is 0 Å². The molecule has 0 aliphatic carbocycles. The number of aromatic amines is 1. The molecular formula is C10H15N5. The second kappa shape index (κ2) is 3.86. The molecule has 2 aromatic rings. The number of aryl methyl sites for hydroxylation is 2. The van der Waals surface area contributed by atoms with E-state index in [2.05, 4.69) is 15.3 Å². The van der Waals surface area contributed by atoms with Gasteiger partial charge in [-0.05, 0) is 26.0 Å². The van der Waals surface area contributed by atoms with E-state index < -0.39 is 0 Å². The first-order valence-electron chi connectivity index (χ1n) is 4.95. The quantitative estimate of drug-likeness (QED) is 0.771. The minimum Gasteiger partial charge on any atom is -0.330 e. The summed E-state index contributed by atoms with van der Waals surface area (Å²) in [5.74, 6) is 0. The first-order chi connectivity index (χ1) is 7.22. The normalized spacial score (nSPS) is 10.9. The number of nitrogens with zero attached hydrogens (tertiary/aromatic N) is 3. The maximum Gasteiger partial charge on any atom is 0.111 e. The molecule has 0 amide bonds. The lowest BCUT2D eigenvalue weighted by Gasteiger charge is -1.97. The van der Waals surface area contributed by atoms with Gasteiger partial charge >= 0.3 is 0 Å². The molecule has 2 aromatic heterocycles. The maximum atomic E-state index is 5.53. The Balaban J connectivity index is 2.40. The average Bonchev–Trinajstić information content (AvgIpc) is 2.76. The second-order valence-corrected chi connectivity index (χ2v) is 3.60. The summed E-state index contributed by atoms with van der Waals surface area (Å²) in [5.41, 5.74) is 9.68. The van der Waals surface area contributed by atoms with E-state index in [4.69, 9.17) is 5.73 Å². The summed E-state index contributed by atoms with van der Waals surface area (Å²) in [6, 6.07) is 2.04. The van der Waals surface area contributed by atoms with Gasteiger partial charge in [-0.15, -0.1) is 0 Å². The van der Waals surface area contributed by atoms with Gasteiger partial charge in [-0.2, -0.15) is 10.2 Å². The lowest BCUT2D eigenvalue weighted by Crippen LogP contribution is -2.03. The van der Waals surface area contributed by atoms with E-state index in [1.807, 2.05) is 30.9 Å². The smallest absolute Gasteiger partial charge is 0.111 e. The Morgan fingerprint density at radius 2 is 2.33 bits per heavy atom. The van der Waals surface area contributed by atoms with Crippen LogP contribution in [0.15, 0.2) is 12.3 Å². The van der Waals surface area contributed by atoms with Gasteiger partial charge in [0.1, 0.15) is 5.69 Å². The van der Waals surface area contributed by atoms with Crippen molar-refractivity contribution in [1.29, 1.82) is 0 Å². The van der Waals surface area contributed by atoms with Gasteiger partial charge in [-0.3, -0.25) is 9.78 Å². The molecule has 0 bridgehead atoms. The van der Waals surface area contributed by atoms with Gasteiger partial charge in [-0.1, -0.05) is 0 Å². The van der Waals surface area contributed by atoms with Gasteiger partial charge in [0.25, 0.3) is 0 Å². The van der Waals surface area contributed by atoms with Crippen molar-refractivity contribution in [3.8, 4) is 11.4 Å². The van der Waals surface area contributed by atoms with E-state index in [1.165, 1.54) is 0 Å². The molecule has 15 heavy (non-hydrogen) atoms. The molecule has 0 spiro atoms. The summed E-state index contributed by atoms with van der Waals surface area (Å²) in [4.78, 5) is 0. The summed E-state index contributed by atoms with van der Waals surface area (Å²) in [5, 5.41) is 11.4. The number of H-pyrrole nitrogens is 1.